The lowest BCUT2D eigenvalue weighted by molar-refractivity contribution is -0.121. The van der Waals surface area contributed by atoms with Crippen molar-refractivity contribution in [1.82, 2.24) is 10.6 Å². The Morgan fingerprint density at radius 3 is 2.71 bits per heavy atom. The number of ether oxygens (including phenoxy) is 1. The van der Waals surface area contributed by atoms with E-state index in [9.17, 15) is 4.79 Å². The lowest BCUT2D eigenvalue weighted by Crippen LogP contribution is -2.39. The third kappa shape index (κ3) is 7.34. The van der Waals surface area contributed by atoms with Gasteiger partial charge in [0.05, 0.1) is 13.0 Å². The lowest BCUT2D eigenvalue weighted by Gasteiger charge is -2.14. The van der Waals surface area contributed by atoms with E-state index in [1.165, 1.54) is 5.56 Å². The second-order valence-electron chi connectivity index (χ2n) is 5.06. The number of rotatable bonds is 8. The van der Waals surface area contributed by atoms with Gasteiger partial charge in [0, 0.05) is 12.6 Å². The van der Waals surface area contributed by atoms with Crippen molar-refractivity contribution in [1.29, 1.82) is 0 Å². The summed E-state index contributed by atoms with van der Waals surface area (Å²) in [6.07, 6.45) is 0.381. The molecule has 0 bridgehead atoms. The van der Waals surface area contributed by atoms with Crippen LogP contribution in [0, 0.1) is 13.8 Å². The Bertz CT molecular complexity index is 438. The molecule has 0 spiro atoms. The fraction of sp³-hybridized carbons (Fsp3) is 0.562. The number of carbonyl (C=O) groups excluding carboxylic acids is 1. The summed E-state index contributed by atoms with van der Waals surface area (Å²) in [5.41, 5.74) is 2.33. The van der Waals surface area contributed by atoms with E-state index in [1.54, 1.807) is 0 Å². The van der Waals surface area contributed by atoms with Crippen LogP contribution >= 0.6 is 12.4 Å². The molecule has 1 aromatic carbocycles. The molecule has 1 aromatic rings. The number of aryl methyl sites for hydroxylation is 1. The monoisotopic (exact) mass is 314 g/mol. The van der Waals surface area contributed by atoms with Crippen molar-refractivity contribution in [3.63, 3.8) is 0 Å². The number of hydrogen-bond donors (Lipinski definition) is 2. The van der Waals surface area contributed by atoms with Crippen LogP contribution in [0.2, 0.25) is 0 Å². The van der Waals surface area contributed by atoms with Gasteiger partial charge >= 0.3 is 0 Å². The van der Waals surface area contributed by atoms with E-state index in [-0.39, 0.29) is 18.3 Å². The highest BCUT2D eigenvalue weighted by molar-refractivity contribution is 5.85. The summed E-state index contributed by atoms with van der Waals surface area (Å²) in [7, 11) is 0. The van der Waals surface area contributed by atoms with E-state index in [0.29, 0.717) is 25.6 Å². The fourth-order valence-corrected chi connectivity index (χ4v) is 1.91. The first kappa shape index (κ1) is 19.7. The van der Waals surface area contributed by atoms with Crippen molar-refractivity contribution >= 4 is 18.3 Å². The quantitative estimate of drug-likeness (QED) is 0.775. The van der Waals surface area contributed by atoms with Crippen LogP contribution in [0.1, 0.15) is 31.4 Å². The first-order valence-electron chi connectivity index (χ1n) is 7.23. The van der Waals surface area contributed by atoms with Crippen molar-refractivity contribution in [2.24, 2.45) is 0 Å². The molecular weight excluding hydrogens is 288 g/mol. The van der Waals surface area contributed by atoms with Gasteiger partial charge in [0.25, 0.3) is 0 Å². The molecule has 0 unspecified atom stereocenters. The zero-order valence-corrected chi connectivity index (χ0v) is 14.2. The average Bonchev–Trinajstić information content (AvgIpc) is 2.41. The highest BCUT2D eigenvalue weighted by Crippen LogP contribution is 2.20. The van der Waals surface area contributed by atoms with Crippen LogP contribution in [0.25, 0.3) is 0 Å². The lowest BCUT2D eigenvalue weighted by atomic mass is 10.1. The Morgan fingerprint density at radius 2 is 2.05 bits per heavy atom. The van der Waals surface area contributed by atoms with Gasteiger partial charge in [0.2, 0.25) is 5.91 Å². The zero-order valence-electron chi connectivity index (χ0n) is 13.4. The number of halogens is 1. The van der Waals surface area contributed by atoms with Gasteiger partial charge in [-0.3, -0.25) is 4.79 Å². The minimum Gasteiger partial charge on any atom is -0.493 e. The Kier molecular flexibility index (Phi) is 9.84. The van der Waals surface area contributed by atoms with E-state index in [2.05, 4.69) is 37.5 Å². The molecule has 120 valence electrons. The smallest absolute Gasteiger partial charge is 0.223 e. The van der Waals surface area contributed by atoms with Crippen molar-refractivity contribution in [3.8, 4) is 5.75 Å². The largest absolute Gasteiger partial charge is 0.493 e. The van der Waals surface area contributed by atoms with E-state index in [0.717, 1.165) is 17.9 Å². The van der Waals surface area contributed by atoms with Gasteiger partial charge in [-0.25, -0.2) is 0 Å². The third-order valence-electron chi connectivity index (χ3n) is 3.30. The van der Waals surface area contributed by atoms with E-state index in [1.807, 2.05) is 19.1 Å². The maximum absolute atomic E-state index is 11.7. The van der Waals surface area contributed by atoms with E-state index >= 15 is 0 Å². The SMILES string of the molecule is CCN[C@H](C)CNC(=O)CCOc1cccc(C)c1C.Cl. The topological polar surface area (TPSA) is 50.4 Å². The number of hydrogen-bond acceptors (Lipinski definition) is 3. The second-order valence-corrected chi connectivity index (χ2v) is 5.06. The highest BCUT2D eigenvalue weighted by atomic mass is 35.5. The second kappa shape index (κ2) is 10.5. The number of amides is 1. The summed E-state index contributed by atoms with van der Waals surface area (Å²) in [6, 6.07) is 6.25. The van der Waals surface area contributed by atoms with Gasteiger partial charge in [-0.15, -0.1) is 12.4 Å². The van der Waals surface area contributed by atoms with Gasteiger partial charge in [-0.1, -0.05) is 19.1 Å². The van der Waals surface area contributed by atoms with Gasteiger partial charge in [-0.05, 0) is 44.5 Å². The van der Waals surface area contributed by atoms with Gasteiger partial charge in [-0.2, -0.15) is 0 Å². The van der Waals surface area contributed by atoms with Crippen molar-refractivity contribution in [2.45, 2.75) is 40.2 Å². The molecule has 2 N–H and O–H groups in total. The van der Waals surface area contributed by atoms with Crippen molar-refractivity contribution in [2.75, 3.05) is 19.7 Å². The Labute approximate surface area is 134 Å². The van der Waals surface area contributed by atoms with Gasteiger partial charge in [0.15, 0.2) is 0 Å². The summed E-state index contributed by atoms with van der Waals surface area (Å²) in [5, 5.41) is 6.15. The molecule has 1 amide bonds. The Balaban J connectivity index is 0.00000400. The molecule has 1 rings (SSSR count). The van der Waals surface area contributed by atoms with E-state index < -0.39 is 0 Å². The maximum Gasteiger partial charge on any atom is 0.223 e. The van der Waals surface area contributed by atoms with Crippen LogP contribution in [0.4, 0.5) is 0 Å². The molecule has 0 saturated carbocycles. The standard InChI is InChI=1S/C16H26N2O2.ClH/c1-5-17-13(3)11-18-16(19)9-10-20-15-8-6-7-12(2)14(15)4;/h6-8,13,17H,5,9-11H2,1-4H3,(H,18,19);1H/t13-;/m1./s1. The number of nitrogens with one attached hydrogen (secondary N) is 2. The van der Waals surface area contributed by atoms with Gasteiger partial charge in [0.1, 0.15) is 5.75 Å². The van der Waals surface area contributed by atoms with Crippen LogP contribution in [-0.2, 0) is 4.79 Å². The molecule has 0 fully saturated rings. The van der Waals surface area contributed by atoms with Crippen LogP contribution in [0.15, 0.2) is 18.2 Å². The highest BCUT2D eigenvalue weighted by Gasteiger charge is 2.06. The maximum atomic E-state index is 11.7. The molecular formula is C16H27ClN2O2. The number of likely N-dealkylation sites (N-methyl/N-ethyl adjacent to an activating group) is 1. The predicted octanol–water partition coefficient (Wildman–Crippen LogP) is 2.61. The molecule has 0 saturated heterocycles. The summed E-state index contributed by atoms with van der Waals surface area (Å²) in [4.78, 5) is 11.7. The van der Waals surface area contributed by atoms with Crippen LogP contribution < -0.4 is 15.4 Å². The van der Waals surface area contributed by atoms with Crippen molar-refractivity contribution in [3.05, 3.63) is 29.3 Å². The zero-order chi connectivity index (χ0) is 15.0. The minimum atomic E-state index is 0. The summed E-state index contributed by atoms with van der Waals surface area (Å²) >= 11 is 0. The minimum absolute atomic E-state index is 0. The molecule has 5 heteroatoms. The first-order valence-corrected chi connectivity index (χ1v) is 7.23. The predicted molar refractivity (Wildman–Crippen MR) is 89.4 cm³/mol. The summed E-state index contributed by atoms with van der Waals surface area (Å²) in [6.45, 7) is 10.2. The average molecular weight is 315 g/mol. The van der Waals surface area contributed by atoms with Gasteiger partial charge < -0.3 is 15.4 Å². The number of benzene rings is 1. The molecule has 0 aromatic heterocycles. The van der Waals surface area contributed by atoms with Crippen LogP contribution in [0.5, 0.6) is 5.75 Å². The normalized spacial score (nSPS) is 11.4. The fourth-order valence-electron chi connectivity index (χ4n) is 1.91. The Hall–Kier alpha value is -1.26. The molecule has 1 atom stereocenters. The number of carbonyl (C=O) groups is 1. The molecule has 0 radical (unpaired) electrons. The Morgan fingerprint density at radius 1 is 1.33 bits per heavy atom. The molecule has 0 heterocycles. The summed E-state index contributed by atoms with van der Waals surface area (Å²) < 4.78 is 5.67. The molecule has 0 aliphatic carbocycles. The molecule has 21 heavy (non-hydrogen) atoms. The van der Waals surface area contributed by atoms with Crippen LogP contribution in [0.3, 0.4) is 0 Å². The first-order chi connectivity index (χ1) is 9.54. The van der Waals surface area contributed by atoms with E-state index in [4.69, 9.17) is 4.74 Å². The summed E-state index contributed by atoms with van der Waals surface area (Å²) in [5.74, 6) is 0.888. The third-order valence-corrected chi connectivity index (χ3v) is 3.30. The molecule has 0 aliphatic heterocycles. The van der Waals surface area contributed by atoms with Crippen molar-refractivity contribution < 1.29 is 9.53 Å². The molecule has 0 aliphatic rings. The van der Waals surface area contributed by atoms with Crippen LogP contribution in [-0.4, -0.2) is 31.6 Å². The molecule has 4 nitrogen and oxygen atoms in total.